The topological polar surface area (TPSA) is 30.2 Å². The maximum Gasteiger partial charge on any atom is 0.197 e. The number of carbonyl (C=O) groups is 1. The highest BCUT2D eigenvalue weighted by Crippen LogP contribution is 2.20. The molecule has 0 saturated carbocycles. The van der Waals surface area contributed by atoms with E-state index in [2.05, 4.69) is 6.07 Å². The van der Waals surface area contributed by atoms with Crippen LogP contribution in [0.15, 0.2) is 65.1 Å². The van der Waals surface area contributed by atoms with Crippen molar-refractivity contribution in [2.45, 2.75) is 13.3 Å². The standard InChI is InChI=1S/C19H15O2/c1-14-18(19(20)16-10-6-3-7-11-16)13-17(21-14)12-15-8-4-2-5-9-15/h2-11H,12H2,1H3. The number of hydrogen-bond donors (Lipinski definition) is 0. The van der Waals surface area contributed by atoms with E-state index in [0.29, 0.717) is 29.1 Å². The van der Waals surface area contributed by atoms with Crippen LogP contribution in [0.5, 0.6) is 0 Å². The minimum Gasteiger partial charge on any atom is -0.465 e. The van der Waals surface area contributed by atoms with Crippen molar-refractivity contribution in [3.05, 3.63) is 94.9 Å². The molecule has 3 aromatic rings. The van der Waals surface area contributed by atoms with Gasteiger partial charge in [-0.05, 0) is 12.5 Å². The minimum absolute atomic E-state index is 0.0452. The summed E-state index contributed by atoms with van der Waals surface area (Å²) in [6, 6.07) is 22.3. The first-order valence-corrected chi connectivity index (χ1v) is 6.89. The minimum atomic E-state index is -0.0452. The average Bonchev–Trinajstić information content (AvgIpc) is 2.89. The predicted octanol–water partition coefficient (Wildman–Crippen LogP) is 4.21. The van der Waals surface area contributed by atoms with E-state index in [4.69, 9.17) is 4.42 Å². The molecule has 103 valence electrons. The van der Waals surface area contributed by atoms with Gasteiger partial charge in [0.05, 0.1) is 5.56 Å². The molecule has 0 unspecified atom stereocenters. The third-order valence-electron chi connectivity index (χ3n) is 3.36. The fourth-order valence-electron chi connectivity index (χ4n) is 2.30. The van der Waals surface area contributed by atoms with Gasteiger partial charge >= 0.3 is 0 Å². The van der Waals surface area contributed by atoms with E-state index >= 15 is 0 Å². The smallest absolute Gasteiger partial charge is 0.197 e. The lowest BCUT2D eigenvalue weighted by Gasteiger charge is -1.97. The Bertz CT molecular complexity index is 740. The molecule has 0 atom stereocenters. The molecule has 3 rings (SSSR count). The Morgan fingerprint density at radius 3 is 2.29 bits per heavy atom. The van der Waals surface area contributed by atoms with Gasteiger partial charge in [0, 0.05) is 18.1 Å². The monoisotopic (exact) mass is 275 g/mol. The number of carbonyl (C=O) groups excluding carboxylic acids is 1. The molecule has 0 N–H and O–H groups in total. The fourth-order valence-corrected chi connectivity index (χ4v) is 2.30. The Labute approximate surface area is 124 Å². The van der Waals surface area contributed by atoms with Crippen molar-refractivity contribution in [1.29, 1.82) is 0 Å². The van der Waals surface area contributed by atoms with Crippen LogP contribution in [0.2, 0.25) is 0 Å². The summed E-state index contributed by atoms with van der Waals surface area (Å²) >= 11 is 0. The zero-order chi connectivity index (χ0) is 14.7. The maximum atomic E-state index is 12.4. The largest absolute Gasteiger partial charge is 0.465 e. The maximum absolute atomic E-state index is 12.4. The molecule has 0 aliphatic carbocycles. The SMILES string of the molecule is Cc1oc(Cc2ccccc2)[c]c1C(=O)c1ccccc1. The van der Waals surface area contributed by atoms with Gasteiger partial charge in [-0.2, -0.15) is 0 Å². The van der Waals surface area contributed by atoms with E-state index in [0.717, 1.165) is 5.56 Å². The number of rotatable bonds is 4. The Morgan fingerprint density at radius 2 is 1.62 bits per heavy atom. The molecule has 0 fully saturated rings. The third kappa shape index (κ3) is 2.95. The second-order valence-corrected chi connectivity index (χ2v) is 4.94. The van der Waals surface area contributed by atoms with E-state index < -0.39 is 0 Å². The molecule has 2 aromatic carbocycles. The Balaban J connectivity index is 1.86. The number of furan rings is 1. The zero-order valence-electron chi connectivity index (χ0n) is 11.8. The molecule has 0 spiro atoms. The molecule has 21 heavy (non-hydrogen) atoms. The molecule has 0 aliphatic heterocycles. The van der Waals surface area contributed by atoms with E-state index in [-0.39, 0.29) is 5.78 Å². The molecule has 0 saturated heterocycles. The second-order valence-electron chi connectivity index (χ2n) is 4.94. The first-order chi connectivity index (χ1) is 10.2. The fraction of sp³-hybridized carbons (Fsp3) is 0.105. The van der Waals surface area contributed by atoms with Gasteiger partial charge in [0.25, 0.3) is 0 Å². The number of aryl methyl sites for hydroxylation is 1. The van der Waals surface area contributed by atoms with Gasteiger partial charge in [-0.25, -0.2) is 0 Å². The van der Waals surface area contributed by atoms with Gasteiger partial charge in [-0.15, -0.1) is 0 Å². The summed E-state index contributed by atoms with van der Waals surface area (Å²) in [6.07, 6.45) is 0.643. The average molecular weight is 275 g/mol. The van der Waals surface area contributed by atoms with Gasteiger partial charge in [-0.3, -0.25) is 4.79 Å². The quantitative estimate of drug-likeness (QED) is 0.668. The molecule has 2 nitrogen and oxygen atoms in total. The summed E-state index contributed by atoms with van der Waals surface area (Å²) in [5, 5.41) is 0. The lowest BCUT2D eigenvalue weighted by atomic mass is 10.0. The van der Waals surface area contributed by atoms with Crippen molar-refractivity contribution in [3.8, 4) is 0 Å². The van der Waals surface area contributed by atoms with Crippen LogP contribution in [0, 0.1) is 13.0 Å². The molecule has 0 bridgehead atoms. The van der Waals surface area contributed by atoms with Gasteiger partial charge in [-0.1, -0.05) is 60.7 Å². The Kier molecular flexibility index (Phi) is 3.69. The molecule has 1 heterocycles. The van der Waals surface area contributed by atoms with Gasteiger partial charge in [0.1, 0.15) is 11.5 Å². The third-order valence-corrected chi connectivity index (χ3v) is 3.36. The van der Waals surface area contributed by atoms with Gasteiger partial charge in [0.15, 0.2) is 5.78 Å². The molecule has 0 amide bonds. The number of benzene rings is 2. The van der Waals surface area contributed by atoms with Gasteiger partial charge in [0.2, 0.25) is 0 Å². The highest BCUT2D eigenvalue weighted by Gasteiger charge is 2.17. The van der Waals surface area contributed by atoms with Crippen LogP contribution in [-0.4, -0.2) is 5.78 Å². The predicted molar refractivity (Wildman–Crippen MR) is 81.4 cm³/mol. The van der Waals surface area contributed by atoms with Crippen LogP contribution >= 0.6 is 0 Å². The van der Waals surface area contributed by atoms with Crippen molar-refractivity contribution in [3.63, 3.8) is 0 Å². The van der Waals surface area contributed by atoms with E-state index in [1.54, 1.807) is 19.1 Å². The van der Waals surface area contributed by atoms with E-state index in [1.165, 1.54) is 0 Å². The first-order valence-electron chi connectivity index (χ1n) is 6.89. The Morgan fingerprint density at radius 1 is 1.00 bits per heavy atom. The summed E-state index contributed by atoms with van der Waals surface area (Å²) in [5.41, 5.74) is 2.32. The van der Waals surface area contributed by atoms with Crippen LogP contribution in [0.25, 0.3) is 0 Å². The summed E-state index contributed by atoms with van der Waals surface area (Å²) < 4.78 is 5.68. The highest BCUT2D eigenvalue weighted by atomic mass is 16.3. The summed E-state index contributed by atoms with van der Waals surface area (Å²) in [7, 11) is 0. The zero-order valence-corrected chi connectivity index (χ0v) is 11.8. The summed E-state index contributed by atoms with van der Waals surface area (Å²) in [6.45, 7) is 1.81. The van der Waals surface area contributed by atoms with Crippen LogP contribution in [-0.2, 0) is 6.42 Å². The van der Waals surface area contributed by atoms with Crippen LogP contribution in [0.4, 0.5) is 0 Å². The first kappa shape index (κ1) is 13.4. The Hall–Kier alpha value is -2.61. The number of hydrogen-bond acceptors (Lipinski definition) is 2. The van der Waals surface area contributed by atoms with Crippen molar-refractivity contribution >= 4 is 5.78 Å². The molecular formula is C19H15O2. The van der Waals surface area contributed by atoms with Crippen molar-refractivity contribution in [2.75, 3.05) is 0 Å². The van der Waals surface area contributed by atoms with Crippen molar-refractivity contribution < 1.29 is 9.21 Å². The van der Waals surface area contributed by atoms with Crippen LogP contribution < -0.4 is 0 Å². The van der Waals surface area contributed by atoms with E-state index in [1.807, 2.05) is 48.5 Å². The van der Waals surface area contributed by atoms with Crippen molar-refractivity contribution in [1.82, 2.24) is 0 Å². The molecule has 1 aromatic heterocycles. The van der Waals surface area contributed by atoms with Crippen molar-refractivity contribution in [2.24, 2.45) is 0 Å². The molecule has 1 radical (unpaired) electrons. The molecule has 2 heteroatoms. The number of ketones is 1. The van der Waals surface area contributed by atoms with E-state index in [9.17, 15) is 4.79 Å². The highest BCUT2D eigenvalue weighted by molar-refractivity contribution is 6.09. The molecule has 0 aliphatic rings. The normalized spacial score (nSPS) is 10.5. The van der Waals surface area contributed by atoms with Crippen LogP contribution in [0.1, 0.15) is 33.0 Å². The van der Waals surface area contributed by atoms with Gasteiger partial charge < -0.3 is 4.42 Å². The molecular weight excluding hydrogens is 260 g/mol. The summed E-state index contributed by atoms with van der Waals surface area (Å²) in [4.78, 5) is 12.4. The lowest BCUT2D eigenvalue weighted by molar-refractivity contribution is 0.103. The van der Waals surface area contributed by atoms with Crippen LogP contribution in [0.3, 0.4) is 0 Å². The lowest BCUT2D eigenvalue weighted by Crippen LogP contribution is -2.01. The summed E-state index contributed by atoms with van der Waals surface area (Å²) in [5.74, 6) is 1.27. The second kappa shape index (κ2) is 5.80.